The van der Waals surface area contributed by atoms with Crippen molar-refractivity contribution in [2.75, 3.05) is 32.8 Å². The predicted octanol–water partition coefficient (Wildman–Crippen LogP) is 0.235. The summed E-state index contributed by atoms with van der Waals surface area (Å²) in [5.41, 5.74) is 6.98. The zero-order chi connectivity index (χ0) is 11.4. The van der Waals surface area contributed by atoms with Gasteiger partial charge in [-0.2, -0.15) is 0 Å². The Balaban J connectivity index is 1.86. The summed E-state index contributed by atoms with van der Waals surface area (Å²) in [4.78, 5) is 6.56. The van der Waals surface area contributed by atoms with E-state index in [9.17, 15) is 0 Å². The third kappa shape index (κ3) is 2.81. The highest BCUT2D eigenvalue weighted by atomic mass is 16.5. The van der Waals surface area contributed by atoms with E-state index < -0.39 is 0 Å². The van der Waals surface area contributed by atoms with Gasteiger partial charge >= 0.3 is 0 Å². The van der Waals surface area contributed by atoms with Gasteiger partial charge in [0.25, 0.3) is 0 Å². The van der Waals surface area contributed by atoms with E-state index in [0.29, 0.717) is 0 Å². The number of nitrogens with two attached hydrogens (primary N) is 1. The van der Waals surface area contributed by atoms with Crippen LogP contribution in [0.15, 0.2) is 12.5 Å². The number of nitrogens with zero attached hydrogens (tertiary/aromatic N) is 3. The standard InChI is InChI=1S/C11H20N4O/c1-10(12)11-8-13-9-15(11)3-2-14-4-6-16-7-5-14/h8-10H,2-7,12H2,1H3. The van der Waals surface area contributed by atoms with Crippen LogP contribution in [0.2, 0.25) is 0 Å². The summed E-state index contributed by atoms with van der Waals surface area (Å²) in [6, 6.07) is 0.0483. The topological polar surface area (TPSA) is 56.3 Å². The Morgan fingerprint density at radius 1 is 1.44 bits per heavy atom. The van der Waals surface area contributed by atoms with Crippen LogP contribution in [0.1, 0.15) is 18.7 Å². The lowest BCUT2D eigenvalue weighted by Gasteiger charge is -2.27. The highest BCUT2D eigenvalue weighted by Gasteiger charge is 2.11. The van der Waals surface area contributed by atoms with Gasteiger partial charge in [-0.3, -0.25) is 4.90 Å². The molecule has 0 spiro atoms. The first-order chi connectivity index (χ1) is 7.77. The van der Waals surface area contributed by atoms with Crippen LogP contribution in [0.25, 0.3) is 0 Å². The van der Waals surface area contributed by atoms with Crippen molar-refractivity contribution in [1.29, 1.82) is 0 Å². The average Bonchev–Trinajstić information content (AvgIpc) is 2.76. The fraction of sp³-hybridized carbons (Fsp3) is 0.727. The first-order valence-corrected chi connectivity index (χ1v) is 5.83. The lowest BCUT2D eigenvalue weighted by atomic mass is 10.2. The molecule has 5 nitrogen and oxygen atoms in total. The fourth-order valence-electron chi connectivity index (χ4n) is 1.97. The fourth-order valence-corrected chi connectivity index (χ4v) is 1.97. The number of imidazole rings is 1. The molecule has 0 aliphatic carbocycles. The second kappa shape index (κ2) is 5.43. The van der Waals surface area contributed by atoms with Gasteiger partial charge in [-0.25, -0.2) is 4.98 Å². The monoisotopic (exact) mass is 224 g/mol. The third-order valence-electron chi connectivity index (χ3n) is 2.97. The predicted molar refractivity (Wildman–Crippen MR) is 62.1 cm³/mol. The van der Waals surface area contributed by atoms with Crippen molar-refractivity contribution in [2.24, 2.45) is 5.73 Å². The Labute approximate surface area is 96.2 Å². The molecule has 0 bridgehead atoms. The lowest BCUT2D eigenvalue weighted by Crippen LogP contribution is -2.38. The van der Waals surface area contributed by atoms with Crippen molar-refractivity contribution >= 4 is 0 Å². The smallest absolute Gasteiger partial charge is 0.0949 e. The molecular weight excluding hydrogens is 204 g/mol. The number of hydrogen-bond donors (Lipinski definition) is 1. The SMILES string of the molecule is CC(N)c1cncn1CCN1CCOCC1. The third-order valence-corrected chi connectivity index (χ3v) is 2.97. The summed E-state index contributed by atoms with van der Waals surface area (Å²) in [6.07, 6.45) is 3.71. The highest BCUT2D eigenvalue weighted by molar-refractivity contribution is 5.03. The van der Waals surface area contributed by atoms with E-state index >= 15 is 0 Å². The summed E-state index contributed by atoms with van der Waals surface area (Å²) in [6.45, 7) is 7.75. The Hall–Kier alpha value is -0.910. The largest absolute Gasteiger partial charge is 0.379 e. The summed E-state index contributed by atoms with van der Waals surface area (Å²) in [5.74, 6) is 0. The number of ether oxygens (including phenoxy) is 1. The summed E-state index contributed by atoms with van der Waals surface area (Å²) in [7, 11) is 0. The van der Waals surface area contributed by atoms with E-state index in [0.717, 1.165) is 45.1 Å². The molecule has 1 atom stereocenters. The van der Waals surface area contributed by atoms with E-state index in [1.54, 1.807) is 0 Å². The van der Waals surface area contributed by atoms with Crippen molar-refractivity contribution < 1.29 is 4.74 Å². The normalized spacial score (nSPS) is 19.9. The van der Waals surface area contributed by atoms with Crippen molar-refractivity contribution in [1.82, 2.24) is 14.5 Å². The number of morpholine rings is 1. The summed E-state index contributed by atoms with van der Waals surface area (Å²) >= 11 is 0. The summed E-state index contributed by atoms with van der Waals surface area (Å²) < 4.78 is 7.46. The maximum absolute atomic E-state index is 5.87. The molecule has 2 N–H and O–H groups in total. The number of aromatic nitrogens is 2. The molecule has 90 valence electrons. The van der Waals surface area contributed by atoms with Crippen LogP contribution in [0.3, 0.4) is 0 Å². The van der Waals surface area contributed by atoms with E-state index in [1.165, 1.54) is 0 Å². The van der Waals surface area contributed by atoms with Crippen LogP contribution in [0.4, 0.5) is 0 Å². The van der Waals surface area contributed by atoms with Gasteiger partial charge in [0.1, 0.15) is 0 Å². The van der Waals surface area contributed by atoms with Crippen molar-refractivity contribution in [3.8, 4) is 0 Å². The van der Waals surface area contributed by atoms with Crippen LogP contribution in [0, 0.1) is 0 Å². The highest BCUT2D eigenvalue weighted by Crippen LogP contribution is 2.08. The van der Waals surface area contributed by atoms with Gasteiger partial charge in [-0.15, -0.1) is 0 Å². The molecule has 1 saturated heterocycles. The molecule has 0 saturated carbocycles. The van der Waals surface area contributed by atoms with Crippen LogP contribution in [-0.2, 0) is 11.3 Å². The minimum absolute atomic E-state index is 0.0483. The molecule has 2 heterocycles. The molecule has 1 aromatic heterocycles. The Bertz CT molecular complexity index is 318. The molecule has 0 radical (unpaired) electrons. The molecule has 1 fully saturated rings. The van der Waals surface area contributed by atoms with E-state index in [2.05, 4.69) is 14.5 Å². The van der Waals surface area contributed by atoms with Gasteiger partial charge < -0.3 is 15.0 Å². The van der Waals surface area contributed by atoms with Gasteiger partial charge in [0.2, 0.25) is 0 Å². The Kier molecular flexibility index (Phi) is 3.93. The van der Waals surface area contributed by atoms with E-state index in [-0.39, 0.29) is 6.04 Å². The minimum atomic E-state index is 0.0483. The zero-order valence-corrected chi connectivity index (χ0v) is 9.80. The van der Waals surface area contributed by atoms with Crippen LogP contribution >= 0.6 is 0 Å². The van der Waals surface area contributed by atoms with Gasteiger partial charge in [0.15, 0.2) is 0 Å². The van der Waals surface area contributed by atoms with Gasteiger partial charge in [-0.05, 0) is 6.92 Å². The Morgan fingerprint density at radius 2 is 2.19 bits per heavy atom. The molecule has 1 aliphatic heterocycles. The molecule has 1 unspecified atom stereocenters. The van der Waals surface area contributed by atoms with Crippen LogP contribution < -0.4 is 5.73 Å². The maximum atomic E-state index is 5.87. The van der Waals surface area contributed by atoms with E-state index in [4.69, 9.17) is 10.5 Å². The number of hydrogen-bond acceptors (Lipinski definition) is 4. The van der Waals surface area contributed by atoms with Gasteiger partial charge in [0.05, 0.1) is 25.2 Å². The molecule has 5 heteroatoms. The minimum Gasteiger partial charge on any atom is -0.379 e. The molecule has 0 amide bonds. The molecule has 1 aliphatic rings. The molecule has 0 aromatic carbocycles. The number of rotatable bonds is 4. The maximum Gasteiger partial charge on any atom is 0.0949 e. The first kappa shape index (κ1) is 11.6. The van der Waals surface area contributed by atoms with E-state index in [1.807, 2.05) is 19.4 Å². The summed E-state index contributed by atoms with van der Waals surface area (Å²) in [5, 5.41) is 0. The van der Waals surface area contributed by atoms with Crippen LogP contribution in [-0.4, -0.2) is 47.3 Å². The average molecular weight is 224 g/mol. The molecule has 16 heavy (non-hydrogen) atoms. The van der Waals surface area contributed by atoms with Crippen LogP contribution in [0.5, 0.6) is 0 Å². The van der Waals surface area contributed by atoms with Gasteiger partial charge in [-0.1, -0.05) is 0 Å². The lowest BCUT2D eigenvalue weighted by molar-refractivity contribution is 0.0363. The second-order valence-corrected chi connectivity index (χ2v) is 4.25. The van der Waals surface area contributed by atoms with Crippen molar-refractivity contribution in [3.63, 3.8) is 0 Å². The molecule has 1 aromatic rings. The second-order valence-electron chi connectivity index (χ2n) is 4.25. The van der Waals surface area contributed by atoms with Crippen molar-refractivity contribution in [3.05, 3.63) is 18.2 Å². The quantitative estimate of drug-likeness (QED) is 0.795. The zero-order valence-electron chi connectivity index (χ0n) is 9.80. The van der Waals surface area contributed by atoms with Crippen molar-refractivity contribution in [2.45, 2.75) is 19.5 Å². The molecule has 2 rings (SSSR count). The Morgan fingerprint density at radius 3 is 2.88 bits per heavy atom. The molecular formula is C11H20N4O. The van der Waals surface area contributed by atoms with Gasteiger partial charge in [0, 0.05) is 38.4 Å². The first-order valence-electron chi connectivity index (χ1n) is 5.83.